The molecule has 0 bridgehead atoms. The molecule has 6 nitrogen and oxygen atoms in total. The van der Waals surface area contributed by atoms with Gasteiger partial charge in [-0.25, -0.2) is 9.48 Å². The topological polar surface area (TPSA) is 73.2 Å². The second kappa shape index (κ2) is 9.12. The minimum atomic E-state index is -0.538. The first-order valence-corrected chi connectivity index (χ1v) is 10.6. The fraction of sp³-hybridized carbons (Fsp3) is 0.148. The molecule has 6 heteroatoms. The molecule has 0 spiro atoms. The van der Waals surface area contributed by atoms with Crippen molar-refractivity contribution in [2.45, 2.75) is 20.8 Å². The first kappa shape index (κ1) is 22.0. The molecular weight excluding hydrogens is 414 g/mol. The summed E-state index contributed by atoms with van der Waals surface area (Å²) in [7, 11) is 1.31. The van der Waals surface area contributed by atoms with Gasteiger partial charge in [-0.15, -0.1) is 0 Å². The summed E-state index contributed by atoms with van der Waals surface area (Å²) in [5.41, 5.74) is 4.93. The van der Waals surface area contributed by atoms with Crippen LogP contribution in [0.2, 0.25) is 0 Å². The molecule has 0 radical (unpaired) electrons. The van der Waals surface area contributed by atoms with Gasteiger partial charge in [0.1, 0.15) is 0 Å². The van der Waals surface area contributed by atoms with Crippen LogP contribution in [0.25, 0.3) is 22.0 Å². The molecule has 0 unspecified atom stereocenters. The summed E-state index contributed by atoms with van der Waals surface area (Å²) in [5.74, 6) is -0.867. The van der Waals surface area contributed by atoms with Gasteiger partial charge >= 0.3 is 5.97 Å². The maximum absolute atomic E-state index is 12.8. The van der Waals surface area contributed by atoms with E-state index in [0.717, 1.165) is 33.3 Å². The average Bonchev–Trinajstić information content (AvgIpc) is 3.16. The number of nitrogens with zero attached hydrogens (tertiary/aromatic N) is 2. The largest absolute Gasteiger partial charge is 0.465 e. The number of amides is 1. The van der Waals surface area contributed by atoms with Gasteiger partial charge in [0.25, 0.3) is 0 Å². The standard InChI is InChI=1S/C27H25N3O3/c1-17(21-10-9-20-7-5-6-8-22(20)15-21)13-26(31)28-25-12-11-23(16-24(25)27(32)33-4)30-19(3)14-18(2)29-30/h5-16H,1-4H3,(H,28,31). The molecule has 1 N–H and O–H groups in total. The van der Waals surface area contributed by atoms with Crippen LogP contribution in [-0.2, 0) is 9.53 Å². The minimum Gasteiger partial charge on any atom is -0.465 e. The fourth-order valence-corrected chi connectivity index (χ4v) is 3.83. The van der Waals surface area contributed by atoms with Crippen molar-refractivity contribution in [3.8, 4) is 5.69 Å². The summed E-state index contributed by atoms with van der Waals surface area (Å²) < 4.78 is 6.69. The average molecular weight is 440 g/mol. The van der Waals surface area contributed by atoms with E-state index in [0.29, 0.717) is 11.4 Å². The first-order chi connectivity index (χ1) is 15.9. The number of nitrogens with one attached hydrogen (secondary N) is 1. The molecule has 0 aliphatic heterocycles. The zero-order chi connectivity index (χ0) is 23.5. The third kappa shape index (κ3) is 4.70. The molecule has 1 aromatic heterocycles. The number of allylic oxidation sites excluding steroid dienone is 1. The summed E-state index contributed by atoms with van der Waals surface area (Å²) in [4.78, 5) is 25.2. The number of benzene rings is 3. The smallest absolute Gasteiger partial charge is 0.340 e. The van der Waals surface area contributed by atoms with Crippen LogP contribution in [0, 0.1) is 13.8 Å². The van der Waals surface area contributed by atoms with E-state index in [-0.39, 0.29) is 11.5 Å². The number of hydrogen-bond acceptors (Lipinski definition) is 4. The van der Waals surface area contributed by atoms with Gasteiger partial charge in [0.15, 0.2) is 0 Å². The molecule has 166 valence electrons. The van der Waals surface area contributed by atoms with E-state index in [9.17, 15) is 9.59 Å². The van der Waals surface area contributed by atoms with Crippen LogP contribution in [0.5, 0.6) is 0 Å². The van der Waals surface area contributed by atoms with Gasteiger partial charge in [-0.2, -0.15) is 5.10 Å². The normalized spacial score (nSPS) is 11.5. The molecule has 0 saturated heterocycles. The molecule has 1 heterocycles. The molecule has 0 saturated carbocycles. The zero-order valence-corrected chi connectivity index (χ0v) is 19.0. The number of carbonyl (C=O) groups excluding carboxylic acids is 2. The lowest BCUT2D eigenvalue weighted by Gasteiger charge is -2.12. The minimum absolute atomic E-state index is 0.257. The molecule has 0 aliphatic rings. The van der Waals surface area contributed by atoms with Gasteiger partial charge in [-0.1, -0.05) is 36.4 Å². The summed E-state index contributed by atoms with van der Waals surface area (Å²) in [5, 5.41) is 9.53. The van der Waals surface area contributed by atoms with Crippen molar-refractivity contribution in [2.24, 2.45) is 0 Å². The van der Waals surface area contributed by atoms with Crippen LogP contribution in [0.3, 0.4) is 0 Å². The number of aromatic nitrogens is 2. The summed E-state index contributed by atoms with van der Waals surface area (Å²) >= 11 is 0. The molecule has 3 aromatic carbocycles. The maximum atomic E-state index is 12.8. The van der Waals surface area contributed by atoms with Crippen LogP contribution in [-0.4, -0.2) is 28.8 Å². The Bertz CT molecular complexity index is 1400. The highest BCUT2D eigenvalue weighted by molar-refractivity contribution is 6.08. The van der Waals surface area contributed by atoms with E-state index >= 15 is 0 Å². The highest BCUT2D eigenvalue weighted by Gasteiger charge is 2.16. The fourth-order valence-electron chi connectivity index (χ4n) is 3.83. The van der Waals surface area contributed by atoms with Gasteiger partial charge in [0.05, 0.1) is 29.7 Å². The summed E-state index contributed by atoms with van der Waals surface area (Å²) in [6.07, 6.45) is 1.53. The zero-order valence-electron chi connectivity index (χ0n) is 19.0. The number of hydrogen-bond donors (Lipinski definition) is 1. The van der Waals surface area contributed by atoms with Crippen molar-refractivity contribution >= 4 is 33.9 Å². The van der Waals surface area contributed by atoms with Crippen LogP contribution >= 0.6 is 0 Å². The van der Waals surface area contributed by atoms with Gasteiger partial charge in [-0.3, -0.25) is 4.79 Å². The monoisotopic (exact) mass is 439 g/mol. The molecule has 0 fully saturated rings. The SMILES string of the molecule is COC(=O)c1cc(-n2nc(C)cc2C)ccc1NC(=O)C=C(C)c1ccc2ccccc2c1. The Morgan fingerprint density at radius 3 is 2.42 bits per heavy atom. The van der Waals surface area contributed by atoms with Crippen LogP contribution < -0.4 is 5.32 Å². The van der Waals surface area contributed by atoms with Crippen LogP contribution in [0.1, 0.15) is 34.2 Å². The number of ether oxygens (including phenoxy) is 1. The third-order valence-electron chi connectivity index (χ3n) is 5.47. The lowest BCUT2D eigenvalue weighted by Crippen LogP contribution is -2.14. The second-order valence-electron chi connectivity index (χ2n) is 7.94. The van der Waals surface area contributed by atoms with E-state index in [1.54, 1.807) is 22.9 Å². The lowest BCUT2D eigenvalue weighted by molar-refractivity contribution is -0.111. The van der Waals surface area contributed by atoms with E-state index in [1.165, 1.54) is 13.2 Å². The van der Waals surface area contributed by atoms with Crippen molar-refractivity contribution in [3.05, 3.63) is 95.3 Å². The van der Waals surface area contributed by atoms with E-state index < -0.39 is 5.97 Å². The Kier molecular flexibility index (Phi) is 6.09. The summed E-state index contributed by atoms with van der Waals surface area (Å²) in [6, 6.07) is 21.3. The second-order valence-corrected chi connectivity index (χ2v) is 7.94. The number of carbonyl (C=O) groups is 2. The number of esters is 1. The van der Waals surface area contributed by atoms with Crippen molar-refractivity contribution in [3.63, 3.8) is 0 Å². The number of aryl methyl sites for hydroxylation is 2. The Morgan fingerprint density at radius 2 is 1.73 bits per heavy atom. The maximum Gasteiger partial charge on any atom is 0.340 e. The van der Waals surface area contributed by atoms with Crippen molar-refractivity contribution in [2.75, 3.05) is 12.4 Å². The third-order valence-corrected chi connectivity index (χ3v) is 5.47. The number of rotatable bonds is 5. The summed E-state index contributed by atoms with van der Waals surface area (Å²) in [6.45, 7) is 5.73. The van der Waals surface area contributed by atoms with E-state index in [1.807, 2.05) is 57.2 Å². The highest BCUT2D eigenvalue weighted by atomic mass is 16.5. The predicted octanol–water partition coefficient (Wildman–Crippen LogP) is 5.47. The Hall–Kier alpha value is -4.19. The highest BCUT2D eigenvalue weighted by Crippen LogP contribution is 2.24. The Morgan fingerprint density at radius 1 is 0.970 bits per heavy atom. The molecule has 0 atom stereocenters. The van der Waals surface area contributed by atoms with Crippen molar-refractivity contribution in [1.29, 1.82) is 0 Å². The Labute approximate surface area is 192 Å². The molecule has 4 aromatic rings. The van der Waals surface area contributed by atoms with Gasteiger partial charge in [0, 0.05) is 11.8 Å². The number of anilines is 1. The van der Waals surface area contributed by atoms with Crippen LogP contribution in [0.4, 0.5) is 5.69 Å². The first-order valence-electron chi connectivity index (χ1n) is 10.6. The predicted molar refractivity (Wildman–Crippen MR) is 131 cm³/mol. The molecule has 1 amide bonds. The molecule has 4 rings (SSSR count). The van der Waals surface area contributed by atoms with E-state index in [4.69, 9.17) is 4.74 Å². The van der Waals surface area contributed by atoms with Gasteiger partial charge in [-0.05, 0) is 73.0 Å². The quantitative estimate of drug-likeness (QED) is 0.331. The van der Waals surface area contributed by atoms with Gasteiger partial charge < -0.3 is 10.1 Å². The van der Waals surface area contributed by atoms with E-state index in [2.05, 4.69) is 22.5 Å². The molecule has 33 heavy (non-hydrogen) atoms. The lowest BCUT2D eigenvalue weighted by atomic mass is 10.0. The number of fused-ring (bicyclic) bond motifs is 1. The molecule has 0 aliphatic carbocycles. The van der Waals surface area contributed by atoms with Crippen molar-refractivity contribution in [1.82, 2.24) is 9.78 Å². The Balaban J connectivity index is 1.62. The molecular formula is C27H25N3O3. The van der Waals surface area contributed by atoms with Crippen molar-refractivity contribution < 1.29 is 14.3 Å². The van der Waals surface area contributed by atoms with Gasteiger partial charge in [0.2, 0.25) is 5.91 Å². The number of methoxy groups -OCH3 is 1. The van der Waals surface area contributed by atoms with Crippen LogP contribution in [0.15, 0.2) is 72.8 Å².